The summed E-state index contributed by atoms with van der Waals surface area (Å²) in [6.45, 7) is 3.47. The van der Waals surface area contributed by atoms with Gasteiger partial charge >= 0.3 is 0 Å². The number of amides is 1. The third-order valence-electron chi connectivity index (χ3n) is 4.70. The summed E-state index contributed by atoms with van der Waals surface area (Å²) in [5.41, 5.74) is 2.16. The fourth-order valence-electron chi connectivity index (χ4n) is 3.51. The number of rotatable bonds is 5. The first-order chi connectivity index (χ1) is 10.7. The Balaban J connectivity index is 1.51. The summed E-state index contributed by atoms with van der Waals surface area (Å²) in [5.74, 6) is 1.81. The minimum absolute atomic E-state index is 0.203. The number of hydrogen-bond acceptors (Lipinski definition) is 2. The lowest BCUT2D eigenvalue weighted by Crippen LogP contribution is -2.29. The highest BCUT2D eigenvalue weighted by Crippen LogP contribution is 2.26. The molecule has 0 bridgehead atoms. The van der Waals surface area contributed by atoms with Crippen LogP contribution in [0.2, 0.25) is 0 Å². The largest absolute Gasteiger partial charge is 0.354 e. The van der Waals surface area contributed by atoms with Gasteiger partial charge in [0.2, 0.25) is 5.91 Å². The highest BCUT2D eigenvalue weighted by molar-refractivity contribution is 5.77. The Bertz CT molecular complexity index is 641. The number of carbonyl (C=O) groups is 1. The summed E-state index contributed by atoms with van der Waals surface area (Å²) in [4.78, 5) is 16.6. The first-order valence-electron chi connectivity index (χ1n) is 8.42. The molecule has 0 aliphatic heterocycles. The van der Waals surface area contributed by atoms with Crippen LogP contribution in [0.3, 0.4) is 0 Å². The summed E-state index contributed by atoms with van der Waals surface area (Å²) < 4.78 is 2.18. The molecule has 0 atom stereocenters. The lowest BCUT2D eigenvalue weighted by Gasteiger charge is -2.20. The van der Waals surface area contributed by atoms with E-state index in [1.807, 2.05) is 25.1 Å². The summed E-state index contributed by atoms with van der Waals surface area (Å²) in [6, 6.07) is 8.15. The number of nitrogens with one attached hydrogen (secondary N) is 1. The van der Waals surface area contributed by atoms with Crippen LogP contribution >= 0.6 is 0 Å². The molecule has 1 aliphatic rings. The van der Waals surface area contributed by atoms with Gasteiger partial charge in [-0.1, -0.05) is 31.4 Å². The number of aromatic nitrogens is 2. The molecule has 2 aromatic rings. The highest BCUT2D eigenvalue weighted by atomic mass is 16.1. The Morgan fingerprint density at radius 1 is 1.27 bits per heavy atom. The standard InChI is InChI=1S/C18H25N3O/c1-14-20-16-9-5-6-10-17(16)21(14)12-11-19-18(22)13-15-7-3-2-4-8-15/h5-6,9-10,15H,2-4,7-8,11-13H2,1H3,(H,19,22). The van der Waals surface area contributed by atoms with Crippen molar-refractivity contribution in [1.29, 1.82) is 0 Å². The lowest BCUT2D eigenvalue weighted by molar-refractivity contribution is -0.122. The van der Waals surface area contributed by atoms with Crippen molar-refractivity contribution in [2.45, 2.75) is 52.0 Å². The molecule has 4 nitrogen and oxygen atoms in total. The van der Waals surface area contributed by atoms with Gasteiger partial charge in [0.05, 0.1) is 11.0 Å². The third kappa shape index (κ3) is 3.49. The number of nitrogens with zero attached hydrogens (tertiary/aromatic N) is 2. The van der Waals surface area contributed by atoms with E-state index in [9.17, 15) is 4.79 Å². The zero-order chi connectivity index (χ0) is 15.4. The number of hydrogen-bond donors (Lipinski definition) is 1. The van der Waals surface area contributed by atoms with Gasteiger partial charge in [-0.05, 0) is 37.8 Å². The van der Waals surface area contributed by atoms with Gasteiger partial charge in [-0.25, -0.2) is 4.98 Å². The van der Waals surface area contributed by atoms with Crippen molar-refractivity contribution < 1.29 is 4.79 Å². The van der Waals surface area contributed by atoms with Gasteiger partial charge in [-0.15, -0.1) is 0 Å². The normalized spacial score (nSPS) is 16.0. The van der Waals surface area contributed by atoms with E-state index in [0.29, 0.717) is 18.9 Å². The van der Waals surface area contributed by atoms with E-state index < -0.39 is 0 Å². The van der Waals surface area contributed by atoms with E-state index in [2.05, 4.69) is 20.9 Å². The zero-order valence-corrected chi connectivity index (χ0v) is 13.3. The van der Waals surface area contributed by atoms with Gasteiger partial charge < -0.3 is 9.88 Å². The maximum Gasteiger partial charge on any atom is 0.220 e. The molecular weight excluding hydrogens is 274 g/mol. The van der Waals surface area contributed by atoms with Crippen molar-refractivity contribution in [2.75, 3.05) is 6.54 Å². The van der Waals surface area contributed by atoms with Crippen LogP contribution in [0, 0.1) is 12.8 Å². The minimum atomic E-state index is 0.203. The quantitative estimate of drug-likeness (QED) is 0.919. The third-order valence-corrected chi connectivity index (χ3v) is 4.70. The van der Waals surface area contributed by atoms with E-state index >= 15 is 0 Å². The molecular formula is C18H25N3O. The monoisotopic (exact) mass is 299 g/mol. The summed E-state index contributed by atoms with van der Waals surface area (Å²) in [5, 5.41) is 3.07. The van der Waals surface area contributed by atoms with Crippen molar-refractivity contribution in [3.63, 3.8) is 0 Å². The Morgan fingerprint density at radius 2 is 2.05 bits per heavy atom. The van der Waals surface area contributed by atoms with Crippen LogP contribution in [0.4, 0.5) is 0 Å². The van der Waals surface area contributed by atoms with Crippen LogP contribution in [0.15, 0.2) is 24.3 Å². The van der Waals surface area contributed by atoms with Crippen LogP contribution in [-0.4, -0.2) is 22.0 Å². The first kappa shape index (κ1) is 15.1. The second kappa shape index (κ2) is 6.95. The van der Waals surface area contributed by atoms with Crippen molar-refractivity contribution in [1.82, 2.24) is 14.9 Å². The average molecular weight is 299 g/mol. The Hall–Kier alpha value is -1.84. The van der Waals surface area contributed by atoms with E-state index in [1.165, 1.54) is 32.1 Å². The number of fused-ring (bicyclic) bond motifs is 1. The summed E-state index contributed by atoms with van der Waals surface area (Å²) in [6.07, 6.45) is 7.06. The second-order valence-corrected chi connectivity index (χ2v) is 6.36. The molecule has 0 unspecified atom stereocenters. The number of aryl methyl sites for hydroxylation is 1. The molecule has 1 saturated carbocycles. The van der Waals surface area contributed by atoms with E-state index in [-0.39, 0.29) is 5.91 Å². The van der Waals surface area contributed by atoms with Gasteiger partial charge in [0, 0.05) is 19.5 Å². The smallest absolute Gasteiger partial charge is 0.220 e. The van der Waals surface area contributed by atoms with E-state index in [1.54, 1.807) is 0 Å². The molecule has 1 aromatic heterocycles. The second-order valence-electron chi connectivity index (χ2n) is 6.36. The molecule has 1 aliphatic carbocycles. The van der Waals surface area contributed by atoms with Gasteiger partial charge in [0.25, 0.3) is 0 Å². The molecule has 118 valence electrons. The van der Waals surface area contributed by atoms with Crippen LogP contribution in [-0.2, 0) is 11.3 Å². The van der Waals surface area contributed by atoms with Gasteiger partial charge in [0.15, 0.2) is 0 Å². The summed E-state index contributed by atoms with van der Waals surface area (Å²) in [7, 11) is 0. The molecule has 0 spiro atoms. The fraction of sp³-hybridized carbons (Fsp3) is 0.556. The maximum atomic E-state index is 12.1. The Labute approximate surface area is 131 Å². The number of para-hydroxylation sites is 2. The van der Waals surface area contributed by atoms with E-state index in [0.717, 1.165) is 23.4 Å². The lowest BCUT2D eigenvalue weighted by atomic mass is 9.87. The molecule has 22 heavy (non-hydrogen) atoms. The fourth-order valence-corrected chi connectivity index (χ4v) is 3.51. The Kier molecular flexibility index (Phi) is 4.76. The van der Waals surface area contributed by atoms with Gasteiger partial charge in [0.1, 0.15) is 5.82 Å². The van der Waals surface area contributed by atoms with Crippen molar-refractivity contribution in [2.24, 2.45) is 5.92 Å². The Morgan fingerprint density at radius 3 is 2.86 bits per heavy atom. The SMILES string of the molecule is Cc1nc2ccccc2n1CCNC(=O)CC1CCCCC1. The van der Waals surface area contributed by atoms with Crippen LogP contribution < -0.4 is 5.32 Å². The number of benzene rings is 1. The van der Waals surface area contributed by atoms with Gasteiger partial charge in [-0.3, -0.25) is 4.79 Å². The predicted molar refractivity (Wildman–Crippen MR) is 88.7 cm³/mol. The molecule has 1 amide bonds. The topological polar surface area (TPSA) is 46.9 Å². The van der Waals surface area contributed by atoms with E-state index in [4.69, 9.17) is 0 Å². The van der Waals surface area contributed by atoms with Crippen molar-refractivity contribution in [3.05, 3.63) is 30.1 Å². The molecule has 1 heterocycles. The molecule has 1 N–H and O–H groups in total. The first-order valence-corrected chi connectivity index (χ1v) is 8.42. The maximum absolute atomic E-state index is 12.1. The van der Waals surface area contributed by atoms with Crippen molar-refractivity contribution >= 4 is 16.9 Å². The summed E-state index contributed by atoms with van der Waals surface area (Å²) >= 11 is 0. The molecule has 3 rings (SSSR count). The van der Waals surface area contributed by atoms with Crippen LogP contribution in [0.1, 0.15) is 44.3 Å². The van der Waals surface area contributed by atoms with Crippen LogP contribution in [0.25, 0.3) is 11.0 Å². The average Bonchev–Trinajstić information content (AvgIpc) is 2.84. The molecule has 0 radical (unpaired) electrons. The van der Waals surface area contributed by atoms with Gasteiger partial charge in [-0.2, -0.15) is 0 Å². The molecule has 0 saturated heterocycles. The molecule has 1 fully saturated rings. The molecule has 4 heteroatoms. The van der Waals surface area contributed by atoms with Crippen LogP contribution in [0.5, 0.6) is 0 Å². The molecule has 1 aromatic carbocycles. The number of carbonyl (C=O) groups excluding carboxylic acids is 1. The zero-order valence-electron chi connectivity index (χ0n) is 13.3. The highest BCUT2D eigenvalue weighted by Gasteiger charge is 2.16. The van der Waals surface area contributed by atoms with Crippen molar-refractivity contribution in [3.8, 4) is 0 Å². The number of imidazole rings is 1. The predicted octanol–water partition coefficient (Wildman–Crippen LogP) is 3.43. The minimum Gasteiger partial charge on any atom is -0.354 e.